The quantitative estimate of drug-likeness (QED) is 0.692. The molecule has 0 saturated heterocycles. The van der Waals surface area contributed by atoms with Crippen molar-refractivity contribution >= 4 is 0 Å². The monoisotopic (exact) mass is 202 g/mol. The van der Waals surface area contributed by atoms with Crippen LogP contribution < -0.4 is 5.56 Å². The highest BCUT2D eigenvalue weighted by atomic mass is 16.1. The third kappa shape index (κ3) is 1.61. The van der Waals surface area contributed by atoms with Crippen LogP contribution in [0.2, 0.25) is 0 Å². The Morgan fingerprint density at radius 3 is 2.40 bits per heavy atom. The number of nitrogens with zero attached hydrogens (tertiary/aromatic N) is 2. The lowest BCUT2D eigenvalue weighted by Crippen LogP contribution is -2.19. The molecule has 1 aromatic heterocycles. The van der Waals surface area contributed by atoms with E-state index < -0.39 is 0 Å². The van der Waals surface area contributed by atoms with Gasteiger partial charge in [-0.15, -0.1) is 0 Å². The molecule has 0 aliphatic rings. The van der Waals surface area contributed by atoms with E-state index in [0.29, 0.717) is 0 Å². The molecular weight excluding hydrogens is 188 g/mol. The molecule has 0 saturated carbocycles. The van der Waals surface area contributed by atoms with E-state index in [2.05, 4.69) is 0 Å². The molecule has 15 heavy (non-hydrogen) atoms. The Morgan fingerprint density at radius 1 is 1.13 bits per heavy atom. The van der Waals surface area contributed by atoms with Crippen molar-refractivity contribution in [1.82, 2.24) is 9.36 Å². The second-order valence-corrected chi connectivity index (χ2v) is 3.80. The van der Waals surface area contributed by atoms with Crippen molar-refractivity contribution in [3.05, 3.63) is 51.9 Å². The van der Waals surface area contributed by atoms with Crippen LogP contribution in [0.3, 0.4) is 0 Å². The summed E-state index contributed by atoms with van der Waals surface area (Å²) in [4.78, 5) is 11.7. The molecule has 0 unspecified atom stereocenters. The summed E-state index contributed by atoms with van der Waals surface area (Å²) in [6.45, 7) is 3.94. The van der Waals surface area contributed by atoms with Crippen LogP contribution in [-0.4, -0.2) is 9.36 Å². The van der Waals surface area contributed by atoms with Crippen LogP contribution >= 0.6 is 0 Å². The molecule has 3 nitrogen and oxygen atoms in total. The van der Waals surface area contributed by atoms with Crippen LogP contribution in [-0.2, 0) is 7.05 Å². The Kier molecular flexibility index (Phi) is 2.23. The van der Waals surface area contributed by atoms with Gasteiger partial charge in [0.1, 0.15) is 0 Å². The van der Waals surface area contributed by atoms with E-state index in [-0.39, 0.29) is 5.56 Å². The number of aryl methyl sites for hydroxylation is 2. The lowest BCUT2D eigenvalue weighted by molar-refractivity contribution is 0.629. The van der Waals surface area contributed by atoms with Gasteiger partial charge in [-0.2, -0.15) is 0 Å². The van der Waals surface area contributed by atoms with E-state index in [1.807, 2.05) is 49.8 Å². The van der Waals surface area contributed by atoms with Crippen LogP contribution in [0.4, 0.5) is 0 Å². The molecule has 78 valence electrons. The Balaban J connectivity index is 2.69. The van der Waals surface area contributed by atoms with Gasteiger partial charge in [0.2, 0.25) is 0 Å². The average molecular weight is 202 g/mol. The molecule has 0 bridgehead atoms. The number of hydrogen-bond donors (Lipinski definition) is 0. The molecule has 0 radical (unpaired) electrons. The minimum Gasteiger partial charge on any atom is -0.285 e. The van der Waals surface area contributed by atoms with Gasteiger partial charge in [0.15, 0.2) is 0 Å². The molecule has 0 aliphatic heterocycles. The predicted octanol–water partition coefficient (Wildman–Crippen LogP) is 1.79. The number of benzene rings is 1. The van der Waals surface area contributed by atoms with Crippen molar-refractivity contribution in [2.45, 2.75) is 13.8 Å². The first-order valence-corrected chi connectivity index (χ1v) is 4.92. The standard InChI is InChI=1S/C12H14N2O/c1-9-5-4-6-11(7-9)14-12(15)8-10(2)13(14)3/h4-8H,1-3H3. The number of aromatic nitrogens is 2. The molecule has 2 aromatic rings. The topological polar surface area (TPSA) is 26.9 Å². The van der Waals surface area contributed by atoms with Crippen molar-refractivity contribution in [2.24, 2.45) is 7.05 Å². The zero-order chi connectivity index (χ0) is 11.0. The zero-order valence-electron chi connectivity index (χ0n) is 9.19. The fourth-order valence-corrected chi connectivity index (χ4v) is 1.70. The second-order valence-electron chi connectivity index (χ2n) is 3.80. The van der Waals surface area contributed by atoms with Gasteiger partial charge in [-0.1, -0.05) is 12.1 Å². The summed E-state index contributed by atoms with van der Waals surface area (Å²) in [5, 5.41) is 0. The van der Waals surface area contributed by atoms with Gasteiger partial charge in [-0.05, 0) is 31.5 Å². The molecule has 1 aromatic carbocycles. The molecule has 0 amide bonds. The smallest absolute Gasteiger partial charge is 0.271 e. The van der Waals surface area contributed by atoms with Crippen molar-refractivity contribution in [2.75, 3.05) is 0 Å². The van der Waals surface area contributed by atoms with Gasteiger partial charge in [0.25, 0.3) is 5.56 Å². The van der Waals surface area contributed by atoms with Crippen LogP contribution in [0, 0.1) is 13.8 Å². The van der Waals surface area contributed by atoms with E-state index in [0.717, 1.165) is 16.9 Å². The number of hydrogen-bond acceptors (Lipinski definition) is 1. The van der Waals surface area contributed by atoms with Crippen molar-refractivity contribution in [3.63, 3.8) is 0 Å². The number of rotatable bonds is 1. The van der Waals surface area contributed by atoms with Crippen LogP contribution in [0.25, 0.3) is 5.69 Å². The van der Waals surface area contributed by atoms with Gasteiger partial charge in [-0.3, -0.25) is 9.48 Å². The summed E-state index contributed by atoms with van der Waals surface area (Å²) >= 11 is 0. The maximum Gasteiger partial charge on any atom is 0.271 e. The molecule has 1 heterocycles. The minimum atomic E-state index is 0.0144. The van der Waals surface area contributed by atoms with E-state index in [1.54, 1.807) is 10.7 Å². The van der Waals surface area contributed by atoms with Crippen LogP contribution in [0.5, 0.6) is 0 Å². The van der Waals surface area contributed by atoms with Gasteiger partial charge < -0.3 is 0 Å². The SMILES string of the molecule is Cc1cccc(-n2c(=O)cc(C)n2C)c1. The molecule has 0 N–H and O–H groups in total. The van der Waals surface area contributed by atoms with Gasteiger partial charge in [0, 0.05) is 18.8 Å². The second kappa shape index (κ2) is 3.42. The van der Waals surface area contributed by atoms with E-state index in [4.69, 9.17) is 0 Å². The third-order valence-corrected chi connectivity index (χ3v) is 2.60. The summed E-state index contributed by atoms with van der Waals surface area (Å²) < 4.78 is 3.53. The summed E-state index contributed by atoms with van der Waals surface area (Å²) in [6.07, 6.45) is 0. The maximum atomic E-state index is 11.7. The first-order chi connectivity index (χ1) is 7.09. The molecule has 0 atom stereocenters. The maximum absolute atomic E-state index is 11.7. The lowest BCUT2D eigenvalue weighted by atomic mass is 10.2. The van der Waals surface area contributed by atoms with Crippen LogP contribution in [0.1, 0.15) is 11.3 Å². The summed E-state index contributed by atoms with van der Waals surface area (Å²) in [5.41, 5.74) is 3.04. The Labute approximate surface area is 88.6 Å². The van der Waals surface area contributed by atoms with Crippen LogP contribution in [0.15, 0.2) is 35.1 Å². The van der Waals surface area contributed by atoms with E-state index in [1.165, 1.54) is 0 Å². The molecule has 2 rings (SSSR count). The molecule has 0 aliphatic carbocycles. The molecule has 0 spiro atoms. The summed E-state index contributed by atoms with van der Waals surface area (Å²) in [7, 11) is 1.89. The average Bonchev–Trinajstić information content (AvgIpc) is 2.41. The largest absolute Gasteiger partial charge is 0.285 e. The fraction of sp³-hybridized carbons (Fsp3) is 0.250. The van der Waals surface area contributed by atoms with Gasteiger partial charge >= 0.3 is 0 Å². The summed E-state index contributed by atoms with van der Waals surface area (Å²) in [6, 6.07) is 9.56. The Hall–Kier alpha value is -1.77. The van der Waals surface area contributed by atoms with Gasteiger partial charge in [0.05, 0.1) is 5.69 Å². The van der Waals surface area contributed by atoms with Gasteiger partial charge in [-0.25, -0.2) is 4.68 Å². The lowest BCUT2D eigenvalue weighted by Gasteiger charge is -2.08. The summed E-state index contributed by atoms with van der Waals surface area (Å²) in [5.74, 6) is 0. The Bertz CT molecular complexity index is 549. The Morgan fingerprint density at radius 2 is 1.87 bits per heavy atom. The van der Waals surface area contributed by atoms with E-state index >= 15 is 0 Å². The van der Waals surface area contributed by atoms with Crippen molar-refractivity contribution < 1.29 is 0 Å². The zero-order valence-corrected chi connectivity index (χ0v) is 9.19. The first-order valence-electron chi connectivity index (χ1n) is 4.92. The molecule has 3 heteroatoms. The third-order valence-electron chi connectivity index (χ3n) is 2.60. The van der Waals surface area contributed by atoms with Crippen molar-refractivity contribution in [1.29, 1.82) is 0 Å². The minimum absolute atomic E-state index is 0.0144. The predicted molar refractivity (Wildman–Crippen MR) is 60.5 cm³/mol. The normalized spacial score (nSPS) is 10.6. The van der Waals surface area contributed by atoms with E-state index in [9.17, 15) is 4.79 Å². The fourth-order valence-electron chi connectivity index (χ4n) is 1.70. The first kappa shape index (κ1) is 9.77. The highest BCUT2D eigenvalue weighted by Gasteiger charge is 2.06. The molecule has 0 fully saturated rings. The highest BCUT2D eigenvalue weighted by Crippen LogP contribution is 2.08. The highest BCUT2D eigenvalue weighted by molar-refractivity contribution is 5.35. The molecular formula is C12H14N2O. The van der Waals surface area contributed by atoms with Crippen molar-refractivity contribution in [3.8, 4) is 5.69 Å².